The van der Waals surface area contributed by atoms with E-state index in [-0.39, 0.29) is 5.91 Å². The zero-order valence-electron chi connectivity index (χ0n) is 13.1. The molecule has 0 aliphatic rings. The van der Waals surface area contributed by atoms with Crippen LogP contribution in [0.15, 0.2) is 53.6 Å². The van der Waals surface area contributed by atoms with Gasteiger partial charge in [-0.1, -0.05) is 29.8 Å². The van der Waals surface area contributed by atoms with Crippen molar-refractivity contribution in [2.45, 2.75) is 20.8 Å². The van der Waals surface area contributed by atoms with Crippen LogP contribution in [0.1, 0.15) is 35.3 Å². The number of amides is 1. The van der Waals surface area contributed by atoms with Crippen LogP contribution >= 0.6 is 0 Å². The normalized spacial score (nSPS) is 11.1. The van der Waals surface area contributed by atoms with Crippen molar-refractivity contribution in [2.75, 3.05) is 6.61 Å². The molecule has 2 aromatic rings. The van der Waals surface area contributed by atoms with Gasteiger partial charge in [-0.25, -0.2) is 5.43 Å². The van der Waals surface area contributed by atoms with Crippen molar-refractivity contribution < 1.29 is 9.53 Å². The fourth-order valence-electron chi connectivity index (χ4n) is 1.93. The summed E-state index contributed by atoms with van der Waals surface area (Å²) in [5, 5.41) is 4.14. The summed E-state index contributed by atoms with van der Waals surface area (Å²) >= 11 is 0. The van der Waals surface area contributed by atoms with Gasteiger partial charge in [-0.3, -0.25) is 4.79 Å². The Morgan fingerprint density at radius 2 is 1.64 bits per heavy atom. The quantitative estimate of drug-likeness (QED) is 0.677. The summed E-state index contributed by atoms with van der Waals surface area (Å²) in [4.78, 5) is 12.0. The lowest BCUT2D eigenvalue weighted by Crippen LogP contribution is -2.19. The van der Waals surface area contributed by atoms with E-state index in [0.717, 1.165) is 17.0 Å². The Kier molecular flexibility index (Phi) is 5.31. The molecule has 0 aromatic heterocycles. The third kappa shape index (κ3) is 4.19. The molecule has 0 saturated heterocycles. The van der Waals surface area contributed by atoms with Crippen molar-refractivity contribution >= 4 is 11.6 Å². The minimum atomic E-state index is -0.241. The molecule has 0 spiro atoms. The third-order valence-corrected chi connectivity index (χ3v) is 3.22. The van der Waals surface area contributed by atoms with Crippen molar-refractivity contribution in [2.24, 2.45) is 5.10 Å². The highest BCUT2D eigenvalue weighted by Crippen LogP contribution is 2.12. The monoisotopic (exact) mass is 296 g/mol. The van der Waals surface area contributed by atoms with E-state index >= 15 is 0 Å². The van der Waals surface area contributed by atoms with Crippen molar-refractivity contribution in [1.82, 2.24) is 5.43 Å². The van der Waals surface area contributed by atoms with Crippen LogP contribution in [0.5, 0.6) is 5.75 Å². The predicted octanol–water partition coefficient (Wildman–Crippen LogP) is 3.55. The number of nitrogens with one attached hydrogen (secondary N) is 1. The molecule has 0 bridgehead atoms. The number of hydrogen-bond donors (Lipinski definition) is 1. The minimum absolute atomic E-state index is 0.241. The first-order chi connectivity index (χ1) is 10.6. The first-order valence-corrected chi connectivity index (χ1v) is 7.24. The molecule has 0 unspecified atom stereocenters. The molecule has 22 heavy (non-hydrogen) atoms. The van der Waals surface area contributed by atoms with E-state index in [1.54, 1.807) is 24.3 Å². The highest BCUT2D eigenvalue weighted by atomic mass is 16.5. The SMILES string of the molecule is CCOc1ccc(C(=O)N/N=C(/C)c2ccc(C)cc2)cc1. The third-order valence-electron chi connectivity index (χ3n) is 3.22. The second-order valence-corrected chi connectivity index (χ2v) is 4.96. The highest BCUT2D eigenvalue weighted by molar-refractivity contribution is 6.00. The molecule has 0 atom stereocenters. The number of carbonyl (C=O) groups is 1. The summed E-state index contributed by atoms with van der Waals surface area (Å²) in [6.07, 6.45) is 0. The van der Waals surface area contributed by atoms with Crippen molar-refractivity contribution in [3.8, 4) is 5.75 Å². The van der Waals surface area contributed by atoms with Gasteiger partial charge < -0.3 is 4.74 Å². The lowest BCUT2D eigenvalue weighted by molar-refractivity contribution is 0.0955. The average molecular weight is 296 g/mol. The van der Waals surface area contributed by atoms with Crippen LogP contribution in [-0.4, -0.2) is 18.2 Å². The summed E-state index contributed by atoms with van der Waals surface area (Å²) in [6, 6.07) is 15.0. The number of carbonyl (C=O) groups excluding carboxylic acids is 1. The van der Waals surface area contributed by atoms with E-state index in [2.05, 4.69) is 10.5 Å². The Bertz CT molecular complexity index is 658. The molecule has 0 fully saturated rings. The molecule has 0 radical (unpaired) electrons. The standard InChI is InChI=1S/C18H20N2O2/c1-4-22-17-11-9-16(10-12-17)18(21)20-19-14(3)15-7-5-13(2)6-8-15/h5-12H,4H2,1-3H3,(H,20,21)/b19-14-. The lowest BCUT2D eigenvalue weighted by atomic mass is 10.1. The largest absolute Gasteiger partial charge is 0.494 e. The first-order valence-electron chi connectivity index (χ1n) is 7.24. The number of aryl methyl sites for hydroxylation is 1. The number of rotatable bonds is 5. The van der Waals surface area contributed by atoms with Crippen LogP contribution in [0, 0.1) is 6.92 Å². The van der Waals surface area contributed by atoms with Crippen LogP contribution < -0.4 is 10.2 Å². The zero-order valence-corrected chi connectivity index (χ0v) is 13.1. The van der Waals surface area contributed by atoms with E-state index in [0.29, 0.717) is 12.2 Å². The van der Waals surface area contributed by atoms with Gasteiger partial charge in [0.15, 0.2) is 0 Å². The van der Waals surface area contributed by atoms with Crippen LogP contribution in [0.2, 0.25) is 0 Å². The fraction of sp³-hybridized carbons (Fsp3) is 0.222. The van der Waals surface area contributed by atoms with E-state index in [4.69, 9.17) is 4.74 Å². The maximum Gasteiger partial charge on any atom is 0.271 e. The Morgan fingerprint density at radius 1 is 1.05 bits per heavy atom. The van der Waals surface area contributed by atoms with E-state index < -0.39 is 0 Å². The van der Waals surface area contributed by atoms with Gasteiger partial charge >= 0.3 is 0 Å². The van der Waals surface area contributed by atoms with Gasteiger partial charge in [0.05, 0.1) is 12.3 Å². The molecule has 0 saturated carbocycles. The molecule has 2 aromatic carbocycles. The zero-order chi connectivity index (χ0) is 15.9. The number of ether oxygens (including phenoxy) is 1. The Hall–Kier alpha value is -2.62. The molecule has 0 heterocycles. The minimum Gasteiger partial charge on any atom is -0.494 e. The molecular weight excluding hydrogens is 276 g/mol. The highest BCUT2D eigenvalue weighted by Gasteiger charge is 2.05. The second-order valence-electron chi connectivity index (χ2n) is 4.96. The van der Waals surface area contributed by atoms with Crippen LogP contribution in [0.3, 0.4) is 0 Å². The maximum atomic E-state index is 12.0. The summed E-state index contributed by atoms with van der Waals surface area (Å²) in [5.41, 5.74) is 6.05. The Labute approximate surface area is 130 Å². The number of benzene rings is 2. The average Bonchev–Trinajstić information content (AvgIpc) is 2.54. The molecule has 1 N–H and O–H groups in total. The Balaban J connectivity index is 2.01. The topological polar surface area (TPSA) is 50.7 Å². The number of hydrogen-bond acceptors (Lipinski definition) is 3. The van der Waals surface area contributed by atoms with Crippen molar-refractivity contribution in [1.29, 1.82) is 0 Å². The van der Waals surface area contributed by atoms with Gasteiger partial charge in [-0.15, -0.1) is 0 Å². The molecule has 4 nitrogen and oxygen atoms in total. The fourth-order valence-corrected chi connectivity index (χ4v) is 1.93. The smallest absolute Gasteiger partial charge is 0.271 e. The first kappa shape index (κ1) is 15.8. The van der Waals surface area contributed by atoms with Gasteiger partial charge in [-0.2, -0.15) is 5.10 Å². The van der Waals surface area contributed by atoms with Crippen molar-refractivity contribution in [3.05, 3.63) is 65.2 Å². The molecule has 4 heteroatoms. The van der Waals surface area contributed by atoms with Gasteiger partial charge in [0.2, 0.25) is 0 Å². The molecule has 0 aliphatic heterocycles. The number of hydrazone groups is 1. The van der Waals surface area contributed by atoms with Gasteiger partial charge in [0.25, 0.3) is 5.91 Å². The summed E-state index contributed by atoms with van der Waals surface area (Å²) in [6.45, 7) is 6.42. The van der Waals surface area contributed by atoms with Crippen LogP contribution in [0.4, 0.5) is 0 Å². The molecule has 0 aliphatic carbocycles. The molecular formula is C18H20N2O2. The number of nitrogens with zero attached hydrogens (tertiary/aromatic N) is 1. The van der Waals surface area contributed by atoms with Crippen molar-refractivity contribution in [3.63, 3.8) is 0 Å². The second kappa shape index (κ2) is 7.41. The molecule has 114 valence electrons. The van der Waals surface area contributed by atoms with E-state index in [1.165, 1.54) is 5.56 Å². The van der Waals surface area contributed by atoms with Gasteiger partial charge in [0, 0.05) is 5.56 Å². The molecule has 1 amide bonds. The summed E-state index contributed by atoms with van der Waals surface area (Å²) in [7, 11) is 0. The van der Waals surface area contributed by atoms with Crippen LogP contribution in [-0.2, 0) is 0 Å². The molecule has 2 rings (SSSR count). The van der Waals surface area contributed by atoms with E-state index in [1.807, 2.05) is 45.0 Å². The lowest BCUT2D eigenvalue weighted by Gasteiger charge is -2.05. The predicted molar refractivity (Wildman–Crippen MR) is 88.5 cm³/mol. The van der Waals surface area contributed by atoms with Gasteiger partial charge in [-0.05, 0) is 50.6 Å². The van der Waals surface area contributed by atoms with E-state index in [9.17, 15) is 4.79 Å². The Morgan fingerprint density at radius 3 is 2.23 bits per heavy atom. The summed E-state index contributed by atoms with van der Waals surface area (Å²) < 4.78 is 5.35. The summed E-state index contributed by atoms with van der Waals surface area (Å²) in [5.74, 6) is 0.507. The van der Waals surface area contributed by atoms with Crippen LogP contribution in [0.25, 0.3) is 0 Å². The van der Waals surface area contributed by atoms with Gasteiger partial charge in [0.1, 0.15) is 5.75 Å². The maximum absolute atomic E-state index is 12.0.